The molecule has 0 saturated carbocycles. The van der Waals surface area contributed by atoms with Crippen LogP contribution in [0.2, 0.25) is 0 Å². The van der Waals surface area contributed by atoms with Gasteiger partial charge in [0.2, 0.25) is 0 Å². The minimum Gasteiger partial charge on any atom is -0.326 e. The largest absolute Gasteiger partial charge is 0.326 e. The van der Waals surface area contributed by atoms with E-state index in [0.717, 1.165) is 37.8 Å². The van der Waals surface area contributed by atoms with Crippen molar-refractivity contribution in [1.82, 2.24) is 0 Å². The van der Waals surface area contributed by atoms with E-state index in [2.05, 4.69) is 49.1 Å². The van der Waals surface area contributed by atoms with Gasteiger partial charge in [-0.05, 0) is 60.4 Å². The molecule has 144 valence electrons. The third-order valence-corrected chi connectivity index (χ3v) is 5.38. The second-order valence-corrected chi connectivity index (χ2v) is 7.90. The molecule has 0 fully saturated rings. The number of aryl methyl sites for hydroxylation is 1. The van der Waals surface area contributed by atoms with Gasteiger partial charge in [-0.1, -0.05) is 56.3 Å². The predicted octanol–water partition coefficient (Wildman–Crippen LogP) is 6.01. The molecule has 2 nitrogen and oxygen atoms in total. The van der Waals surface area contributed by atoms with E-state index < -0.39 is 0 Å². The van der Waals surface area contributed by atoms with Crippen molar-refractivity contribution in [2.75, 3.05) is 6.54 Å². The van der Waals surface area contributed by atoms with Crippen LogP contribution in [0.3, 0.4) is 0 Å². The fourth-order valence-electron chi connectivity index (χ4n) is 1.97. The van der Waals surface area contributed by atoms with Gasteiger partial charge in [-0.25, -0.2) is 8.78 Å². The normalized spacial score (nSPS) is 10.4. The maximum atomic E-state index is 12.9. The van der Waals surface area contributed by atoms with Gasteiger partial charge in [0.15, 0.2) is 0 Å². The highest BCUT2D eigenvalue weighted by atomic mass is 79.9. The molecule has 2 aromatic rings. The number of nitrogens with two attached hydrogens (primary N) is 1. The quantitative estimate of drug-likeness (QED) is 0.348. The lowest BCUT2D eigenvalue weighted by Crippen LogP contribution is -2.11. The molecule has 0 amide bonds. The van der Waals surface area contributed by atoms with Gasteiger partial charge < -0.3 is 5.73 Å². The Morgan fingerprint density at radius 1 is 1.04 bits per heavy atom. The smallest absolute Gasteiger partial charge is 0.123 e. The number of aliphatic imine (C=N–C) groups is 1. The van der Waals surface area contributed by atoms with Crippen LogP contribution in [-0.4, -0.2) is 23.0 Å². The second-order valence-electron chi connectivity index (χ2n) is 5.34. The van der Waals surface area contributed by atoms with Gasteiger partial charge in [0.25, 0.3) is 0 Å². The predicted molar refractivity (Wildman–Crippen MR) is 124 cm³/mol. The standard InChI is InChI=1S/C10H11BrFNS.C9H7BrFNS/c11-10-4-2-8(12)5-7(10)1-3-9(14)6-13;10-9-2-1-8(11)5-7(9)6-12-3-4-13/h2,4-5H,1,3,6,13H2;1-5H,6H2. The summed E-state index contributed by atoms with van der Waals surface area (Å²) in [4.78, 5) is 4.80. The summed E-state index contributed by atoms with van der Waals surface area (Å²) in [6, 6.07) is 9.16. The molecule has 2 rings (SSSR count). The number of halogens is 4. The minimum absolute atomic E-state index is 0.220. The average Bonchev–Trinajstić information content (AvgIpc) is 2.65. The molecule has 0 heterocycles. The van der Waals surface area contributed by atoms with E-state index in [1.165, 1.54) is 35.8 Å². The number of nitrogens with zero attached hydrogens (tertiary/aromatic N) is 1. The van der Waals surface area contributed by atoms with Crippen molar-refractivity contribution in [1.29, 1.82) is 0 Å². The Morgan fingerprint density at radius 3 is 2.15 bits per heavy atom. The monoisotopic (exact) mass is 534 g/mol. The fourth-order valence-corrected chi connectivity index (χ4v) is 2.97. The Kier molecular flexibility index (Phi) is 11.9. The molecule has 0 aliphatic heterocycles. The van der Waals surface area contributed by atoms with Crippen molar-refractivity contribution in [3.8, 4) is 0 Å². The molecular weight excluding hydrogens is 518 g/mol. The first-order valence-corrected chi connectivity index (χ1v) is 10.4. The van der Waals surface area contributed by atoms with E-state index in [4.69, 9.17) is 18.0 Å². The molecule has 0 spiro atoms. The molecule has 0 atom stereocenters. The maximum absolute atomic E-state index is 12.9. The van der Waals surface area contributed by atoms with Crippen LogP contribution in [0.25, 0.3) is 0 Å². The van der Waals surface area contributed by atoms with Gasteiger partial charge in [-0.15, -0.1) is 0 Å². The lowest BCUT2D eigenvalue weighted by atomic mass is 10.1. The molecule has 0 aliphatic rings. The molecule has 0 aliphatic carbocycles. The minimum atomic E-state index is -0.254. The highest BCUT2D eigenvalue weighted by Crippen LogP contribution is 2.19. The molecule has 8 heteroatoms. The summed E-state index contributed by atoms with van der Waals surface area (Å²) in [6.07, 6.45) is 2.98. The summed E-state index contributed by atoms with van der Waals surface area (Å²) in [5, 5.41) is 1.42. The summed E-state index contributed by atoms with van der Waals surface area (Å²) in [7, 11) is 0. The highest BCUT2D eigenvalue weighted by molar-refractivity contribution is 9.10. The van der Waals surface area contributed by atoms with Crippen LogP contribution in [0.5, 0.6) is 0 Å². The number of thiocarbonyl (C=S) groups is 2. The van der Waals surface area contributed by atoms with Crippen LogP contribution in [0.4, 0.5) is 8.78 Å². The van der Waals surface area contributed by atoms with Crippen LogP contribution in [0, 0.1) is 11.6 Å². The third-order valence-electron chi connectivity index (χ3n) is 3.34. The topological polar surface area (TPSA) is 38.4 Å². The number of hydrogen-bond acceptors (Lipinski definition) is 4. The number of hydrogen-bond donors (Lipinski definition) is 1. The van der Waals surface area contributed by atoms with Gasteiger partial charge >= 0.3 is 0 Å². The van der Waals surface area contributed by atoms with Crippen molar-refractivity contribution in [3.63, 3.8) is 0 Å². The van der Waals surface area contributed by atoms with E-state index >= 15 is 0 Å². The van der Waals surface area contributed by atoms with E-state index in [0.29, 0.717) is 13.1 Å². The lowest BCUT2D eigenvalue weighted by Gasteiger charge is -2.04. The van der Waals surface area contributed by atoms with Crippen LogP contribution >= 0.6 is 56.3 Å². The Morgan fingerprint density at radius 2 is 1.59 bits per heavy atom. The molecule has 2 aromatic carbocycles. The van der Waals surface area contributed by atoms with Crippen LogP contribution in [0.1, 0.15) is 17.5 Å². The molecule has 0 unspecified atom stereocenters. The zero-order valence-electron chi connectivity index (χ0n) is 14.3. The Bertz CT molecular complexity index is 814. The molecular formula is C19H18Br2F2N2S2. The summed E-state index contributed by atoms with van der Waals surface area (Å²) in [6.45, 7) is 0.855. The lowest BCUT2D eigenvalue weighted by molar-refractivity contribution is 0.624. The molecule has 0 bridgehead atoms. The summed E-state index contributed by atoms with van der Waals surface area (Å²) in [5.74, 6) is -0.474. The van der Waals surface area contributed by atoms with Gasteiger partial charge in [0, 0.05) is 31.9 Å². The maximum Gasteiger partial charge on any atom is 0.123 e. The van der Waals surface area contributed by atoms with Crippen molar-refractivity contribution in [2.24, 2.45) is 10.7 Å². The van der Waals surface area contributed by atoms with Crippen molar-refractivity contribution < 1.29 is 8.78 Å². The average molecular weight is 536 g/mol. The van der Waals surface area contributed by atoms with E-state index in [-0.39, 0.29) is 11.6 Å². The van der Waals surface area contributed by atoms with Gasteiger partial charge in [0.05, 0.1) is 6.54 Å². The Labute approximate surface area is 185 Å². The van der Waals surface area contributed by atoms with E-state index in [1.807, 2.05) is 0 Å². The van der Waals surface area contributed by atoms with Crippen molar-refractivity contribution in [2.45, 2.75) is 19.4 Å². The van der Waals surface area contributed by atoms with E-state index in [9.17, 15) is 8.78 Å². The Balaban J connectivity index is 0.000000271. The first-order valence-electron chi connectivity index (χ1n) is 7.90. The van der Waals surface area contributed by atoms with Crippen LogP contribution < -0.4 is 5.73 Å². The molecule has 0 saturated heterocycles. The summed E-state index contributed by atoms with van der Waals surface area (Å²) in [5.41, 5.74) is 7.12. The second kappa shape index (κ2) is 13.3. The third kappa shape index (κ3) is 9.71. The SMILES string of the molecule is Fc1ccc(Br)c(CN=CC=S)c1.NCC(=S)CCc1cc(F)ccc1Br. The van der Waals surface area contributed by atoms with Crippen molar-refractivity contribution in [3.05, 3.63) is 68.1 Å². The highest BCUT2D eigenvalue weighted by Gasteiger charge is 2.03. The first-order chi connectivity index (χ1) is 12.9. The molecule has 2 N–H and O–H groups in total. The number of benzene rings is 2. The molecule has 0 aromatic heterocycles. The van der Waals surface area contributed by atoms with Gasteiger partial charge in [-0.2, -0.15) is 0 Å². The molecule has 27 heavy (non-hydrogen) atoms. The summed E-state index contributed by atoms with van der Waals surface area (Å²) < 4.78 is 27.4. The van der Waals surface area contributed by atoms with E-state index in [1.54, 1.807) is 12.1 Å². The zero-order chi connectivity index (χ0) is 20.2. The van der Waals surface area contributed by atoms with Crippen molar-refractivity contribution >= 4 is 72.7 Å². The fraction of sp³-hybridized carbons (Fsp3) is 0.211. The van der Waals surface area contributed by atoms with Crippen LogP contribution in [-0.2, 0) is 13.0 Å². The first kappa shape index (κ1) is 24.1. The summed E-state index contributed by atoms with van der Waals surface area (Å²) >= 11 is 16.2. The number of rotatable bonds is 7. The molecule has 0 radical (unpaired) electrons. The van der Waals surface area contributed by atoms with Gasteiger partial charge in [0.1, 0.15) is 11.6 Å². The zero-order valence-corrected chi connectivity index (χ0v) is 19.1. The Hall–Kier alpha value is -0.930. The van der Waals surface area contributed by atoms with Gasteiger partial charge in [-0.3, -0.25) is 4.99 Å². The van der Waals surface area contributed by atoms with Crippen LogP contribution in [0.15, 0.2) is 50.3 Å².